The molecule has 0 aromatic carbocycles. The fourth-order valence-corrected chi connectivity index (χ4v) is 2.51. The van der Waals surface area contributed by atoms with Crippen LogP contribution >= 0.6 is 0 Å². The monoisotopic (exact) mass is 409 g/mol. The van der Waals surface area contributed by atoms with Crippen LogP contribution in [0.5, 0.6) is 0 Å². The van der Waals surface area contributed by atoms with Gasteiger partial charge in [0, 0.05) is 87.0 Å². The van der Waals surface area contributed by atoms with Crippen LogP contribution in [0.15, 0.2) is 0 Å². The summed E-state index contributed by atoms with van der Waals surface area (Å²) in [6.07, 6.45) is 2.05. The summed E-state index contributed by atoms with van der Waals surface area (Å²) in [6, 6.07) is 0.640. The lowest BCUT2D eigenvalue weighted by molar-refractivity contribution is 0.153. The van der Waals surface area contributed by atoms with Crippen LogP contribution in [0.4, 0.5) is 0 Å². The fourth-order valence-electron chi connectivity index (χ4n) is 2.51. The smallest absolute Gasteiger partial charge is 0.0628 e. The van der Waals surface area contributed by atoms with E-state index in [1.54, 1.807) is 35.5 Å². The first-order chi connectivity index (χ1) is 13.7. The molecule has 0 radical (unpaired) electrons. The molecule has 172 valence electrons. The highest BCUT2D eigenvalue weighted by atomic mass is 16.5. The molecule has 9 nitrogen and oxygen atoms in total. The molecule has 0 aliphatic heterocycles. The summed E-state index contributed by atoms with van der Waals surface area (Å²) in [6.45, 7) is 8.33. The number of methoxy groups -OCH3 is 4. The molecule has 0 aliphatic rings. The minimum atomic E-state index is 0.294. The lowest BCUT2D eigenvalue weighted by atomic mass is 10.2. The van der Waals surface area contributed by atoms with Crippen molar-refractivity contribution in [3.63, 3.8) is 0 Å². The molecule has 2 atom stereocenters. The van der Waals surface area contributed by atoms with Gasteiger partial charge in [-0.3, -0.25) is 0 Å². The summed E-state index contributed by atoms with van der Waals surface area (Å²) in [4.78, 5) is 0. The molecule has 0 amide bonds. The number of hydrogen-bond acceptors (Lipinski definition) is 9. The second-order valence-corrected chi connectivity index (χ2v) is 6.50. The zero-order chi connectivity index (χ0) is 21.3. The van der Waals surface area contributed by atoms with Crippen LogP contribution in [0.1, 0.15) is 12.8 Å². The first kappa shape index (κ1) is 29.8. The van der Waals surface area contributed by atoms with E-state index in [-0.39, 0.29) is 0 Å². The maximum Gasteiger partial charge on any atom is 0.0628 e. The van der Waals surface area contributed by atoms with Crippen molar-refractivity contribution in [1.29, 1.82) is 0 Å². The Morgan fingerprint density at radius 3 is 1.96 bits per heavy atom. The SMILES string of the molecule is COC.COCCCNCCN[C@H](CCN[C@@H](CNCCN)COC)COC. The van der Waals surface area contributed by atoms with Gasteiger partial charge >= 0.3 is 0 Å². The lowest BCUT2D eigenvalue weighted by Crippen LogP contribution is -2.45. The molecular formula is C19H47N5O4. The van der Waals surface area contributed by atoms with Gasteiger partial charge in [0.1, 0.15) is 0 Å². The minimum absolute atomic E-state index is 0.294. The summed E-state index contributed by atoms with van der Waals surface area (Å²) in [7, 11) is 8.46. The molecule has 0 bridgehead atoms. The molecule has 0 heterocycles. The summed E-state index contributed by atoms with van der Waals surface area (Å²) >= 11 is 0. The molecule has 0 spiro atoms. The van der Waals surface area contributed by atoms with Gasteiger partial charge in [-0.05, 0) is 25.9 Å². The summed E-state index contributed by atoms with van der Waals surface area (Å²) in [5, 5.41) is 13.8. The van der Waals surface area contributed by atoms with Gasteiger partial charge in [0.15, 0.2) is 0 Å². The first-order valence-corrected chi connectivity index (χ1v) is 10.1. The fraction of sp³-hybridized carbons (Fsp3) is 1.00. The van der Waals surface area contributed by atoms with Gasteiger partial charge < -0.3 is 45.9 Å². The molecule has 0 saturated carbocycles. The van der Waals surface area contributed by atoms with E-state index in [0.717, 1.165) is 58.7 Å². The molecule has 0 aliphatic carbocycles. The van der Waals surface area contributed by atoms with Gasteiger partial charge in [-0.15, -0.1) is 0 Å². The van der Waals surface area contributed by atoms with Crippen LogP contribution in [0, 0.1) is 0 Å². The van der Waals surface area contributed by atoms with E-state index in [2.05, 4.69) is 26.0 Å². The molecule has 0 unspecified atom stereocenters. The van der Waals surface area contributed by atoms with Crippen LogP contribution in [0.2, 0.25) is 0 Å². The molecular weight excluding hydrogens is 362 g/mol. The summed E-state index contributed by atoms with van der Waals surface area (Å²) in [5.41, 5.74) is 5.51. The lowest BCUT2D eigenvalue weighted by Gasteiger charge is -2.22. The first-order valence-electron chi connectivity index (χ1n) is 10.1. The molecule has 28 heavy (non-hydrogen) atoms. The number of nitrogens with two attached hydrogens (primary N) is 1. The average molecular weight is 410 g/mol. The van der Waals surface area contributed by atoms with Gasteiger partial charge in [0.25, 0.3) is 0 Å². The number of nitrogens with one attached hydrogen (secondary N) is 4. The largest absolute Gasteiger partial charge is 0.388 e. The van der Waals surface area contributed by atoms with Gasteiger partial charge in [-0.2, -0.15) is 0 Å². The van der Waals surface area contributed by atoms with Gasteiger partial charge in [0.2, 0.25) is 0 Å². The normalized spacial score (nSPS) is 13.1. The quantitative estimate of drug-likeness (QED) is 0.162. The predicted molar refractivity (Wildman–Crippen MR) is 116 cm³/mol. The standard InChI is InChI=1S/C17H41N5O3.C2H6O/c1-23-12-4-7-19-10-11-22-16(14-24-2)5-8-21-17(15-25-3)13-20-9-6-18;1-3-2/h16-17,19-22H,4-15,18H2,1-3H3;1-2H3/t16-,17+;/m1./s1. The average Bonchev–Trinajstić information content (AvgIpc) is 2.68. The van der Waals surface area contributed by atoms with E-state index in [1.165, 1.54) is 0 Å². The highest BCUT2D eigenvalue weighted by Gasteiger charge is 2.10. The van der Waals surface area contributed by atoms with Gasteiger partial charge in [-0.1, -0.05) is 0 Å². The van der Waals surface area contributed by atoms with Crippen LogP contribution in [-0.4, -0.2) is 113 Å². The summed E-state index contributed by atoms with van der Waals surface area (Å²) < 4.78 is 19.9. The molecule has 9 heteroatoms. The van der Waals surface area contributed by atoms with E-state index < -0.39 is 0 Å². The maximum atomic E-state index is 5.51. The second-order valence-electron chi connectivity index (χ2n) is 6.50. The highest BCUT2D eigenvalue weighted by Crippen LogP contribution is 1.93. The van der Waals surface area contributed by atoms with Crippen molar-refractivity contribution in [3.05, 3.63) is 0 Å². The van der Waals surface area contributed by atoms with Crippen molar-refractivity contribution < 1.29 is 18.9 Å². The Labute approximate surface area is 172 Å². The van der Waals surface area contributed by atoms with E-state index >= 15 is 0 Å². The van der Waals surface area contributed by atoms with Gasteiger partial charge in [-0.25, -0.2) is 0 Å². The molecule has 0 rings (SSSR count). The van der Waals surface area contributed by atoms with Crippen LogP contribution in [0.3, 0.4) is 0 Å². The summed E-state index contributed by atoms with van der Waals surface area (Å²) in [5.74, 6) is 0. The topological polar surface area (TPSA) is 111 Å². The van der Waals surface area contributed by atoms with Crippen LogP contribution in [0.25, 0.3) is 0 Å². The minimum Gasteiger partial charge on any atom is -0.388 e. The number of rotatable bonds is 20. The zero-order valence-electron chi connectivity index (χ0n) is 18.9. The van der Waals surface area contributed by atoms with E-state index in [1.807, 2.05) is 0 Å². The van der Waals surface area contributed by atoms with Crippen molar-refractivity contribution in [2.45, 2.75) is 24.9 Å². The third-order valence-electron chi connectivity index (χ3n) is 3.81. The highest BCUT2D eigenvalue weighted by molar-refractivity contribution is 4.73. The van der Waals surface area contributed by atoms with E-state index in [0.29, 0.717) is 31.8 Å². The molecule has 6 N–H and O–H groups in total. The number of ether oxygens (including phenoxy) is 4. The van der Waals surface area contributed by atoms with Crippen LogP contribution < -0.4 is 27.0 Å². The van der Waals surface area contributed by atoms with E-state index in [9.17, 15) is 0 Å². The van der Waals surface area contributed by atoms with Crippen molar-refractivity contribution in [2.75, 3.05) is 101 Å². The Bertz CT molecular complexity index is 279. The van der Waals surface area contributed by atoms with Crippen molar-refractivity contribution in [2.24, 2.45) is 5.73 Å². The van der Waals surface area contributed by atoms with Crippen molar-refractivity contribution in [1.82, 2.24) is 21.3 Å². The third-order valence-corrected chi connectivity index (χ3v) is 3.81. The second kappa shape index (κ2) is 26.6. The Morgan fingerprint density at radius 1 is 0.714 bits per heavy atom. The molecule has 0 aromatic rings. The molecule has 0 saturated heterocycles. The van der Waals surface area contributed by atoms with Crippen LogP contribution in [-0.2, 0) is 18.9 Å². The molecule has 0 aromatic heterocycles. The Hall–Kier alpha value is -0.360. The van der Waals surface area contributed by atoms with E-state index in [4.69, 9.17) is 19.9 Å². The zero-order valence-corrected chi connectivity index (χ0v) is 18.9. The van der Waals surface area contributed by atoms with Crippen molar-refractivity contribution >= 4 is 0 Å². The molecule has 0 fully saturated rings. The van der Waals surface area contributed by atoms with Crippen molar-refractivity contribution in [3.8, 4) is 0 Å². The third kappa shape index (κ3) is 23.7. The van der Waals surface area contributed by atoms with Gasteiger partial charge in [0.05, 0.1) is 13.2 Å². The Balaban J connectivity index is 0. The maximum absolute atomic E-state index is 5.51. The Morgan fingerprint density at radius 2 is 1.36 bits per heavy atom. The predicted octanol–water partition coefficient (Wildman–Crippen LogP) is -0.977. The number of hydrogen-bond donors (Lipinski definition) is 5. The Kier molecular flexibility index (Phi) is 28.4.